The number of sulfonamides is 1. The normalized spacial score (nSPS) is 14.2. The molecule has 1 aromatic heterocycles. The number of likely N-dealkylation sites (tertiary alicyclic amines) is 1. The molecule has 3 aromatic rings. The SMILES string of the molecule is CCc1cccc(CN2CCC2)c1CNc1cc(F)c(S(=O)(=O)Nc2cscn2)c(F)c1. The van der Waals surface area contributed by atoms with Crippen LogP contribution >= 0.6 is 11.3 Å². The van der Waals surface area contributed by atoms with E-state index in [-0.39, 0.29) is 11.5 Å². The minimum Gasteiger partial charge on any atom is -0.381 e. The molecule has 32 heavy (non-hydrogen) atoms. The molecule has 4 rings (SSSR count). The van der Waals surface area contributed by atoms with Crippen LogP contribution in [0, 0.1) is 11.6 Å². The fourth-order valence-electron chi connectivity index (χ4n) is 3.74. The van der Waals surface area contributed by atoms with Gasteiger partial charge < -0.3 is 5.32 Å². The zero-order valence-corrected chi connectivity index (χ0v) is 19.2. The van der Waals surface area contributed by atoms with Gasteiger partial charge in [-0.05, 0) is 54.8 Å². The Morgan fingerprint density at radius 2 is 1.88 bits per heavy atom. The summed E-state index contributed by atoms with van der Waals surface area (Å²) in [6, 6.07) is 8.17. The summed E-state index contributed by atoms with van der Waals surface area (Å²) < 4.78 is 56.4. The zero-order chi connectivity index (χ0) is 22.7. The number of anilines is 2. The summed E-state index contributed by atoms with van der Waals surface area (Å²) in [7, 11) is -4.44. The lowest BCUT2D eigenvalue weighted by Gasteiger charge is -2.31. The molecule has 0 aliphatic carbocycles. The summed E-state index contributed by atoms with van der Waals surface area (Å²) in [6.07, 6.45) is 2.04. The Hall–Kier alpha value is -2.56. The van der Waals surface area contributed by atoms with Gasteiger partial charge in [0.05, 0.1) is 5.51 Å². The highest BCUT2D eigenvalue weighted by Crippen LogP contribution is 2.27. The molecule has 2 aromatic carbocycles. The van der Waals surface area contributed by atoms with E-state index in [1.807, 2.05) is 6.07 Å². The van der Waals surface area contributed by atoms with Crippen molar-refractivity contribution in [3.63, 3.8) is 0 Å². The van der Waals surface area contributed by atoms with Crippen LogP contribution in [0.15, 0.2) is 46.1 Å². The van der Waals surface area contributed by atoms with Crippen molar-refractivity contribution in [2.75, 3.05) is 23.1 Å². The number of aryl methyl sites for hydroxylation is 1. The average molecular weight is 479 g/mol. The first-order chi connectivity index (χ1) is 15.4. The van der Waals surface area contributed by atoms with Gasteiger partial charge in [0.15, 0.2) is 10.7 Å². The van der Waals surface area contributed by atoms with Crippen LogP contribution < -0.4 is 10.0 Å². The Kier molecular flexibility index (Phi) is 6.73. The van der Waals surface area contributed by atoms with Crippen LogP contribution in [0.3, 0.4) is 0 Å². The van der Waals surface area contributed by atoms with Crippen LogP contribution in [0.4, 0.5) is 20.3 Å². The van der Waals surface area contributed by atoms with E-state index in [1.54, 1.807) is 0 Å². The molecule has 1 fully saturated rings. The van der Waals surface area contributed by atoms with Crippen molar-refractivity contribution >= 4 is 32.9 Å². The Balaban J connectivity index is 1.55. The molecule has 10 heteroatoms. The van der Waals surface area contributed by atoms with Crippen molar-refractivity contribution < 1.29 is 17.2 Å². The molecule has 0 spiro atoms. The first-order valence-electron chi connectivity index (χ1n) is 10.3. The van der Waals surface area contributed by atoms with Gasteiger partial charge in [0.1, 0.15) is 11.6 Å². The van der Waals surface area contributed by atoms with Gasteiger partial charge in [-0.25, -0.2) is 22.2 Å². The predicted octanol–water partition coefficient (Wildman–Crippen LogP) is 4.60. The standard InChI is InChI=1S/C22H24F2N4O2S2/c1-2-15-5-3-6-16(12-28-7-4-8-28)18(15)11-25-17-9-19(23)22(20(24)10-17)32(29,30)27-21-13-31-14-26-21/h3,5-6,9-10,13-14,25,27H,2,4,7-8,11-12H2,1H3. The molecule has 0 atom stereocenters. The maximum absolute atomic E-state index is 14.7. The van der Waals surface area contributed by atoms with E-state index in [9.17, 15) is 17.2 Å². The van der Waals surface area contributed by atoms with Crippen LogP contribution in [0.5, 0.6) is 0 Å². The lowest BCUT2D eigenvalue weighted by atomic mass is 9.97. The fourth-order valence-corrected chi connectivity index (χ4v) is 5.41. The topological polar surface area (TPSA) is 74.3 Å². The second-order valence-electron chi connectivity index (χ2n) is 7.64. The summed E-state index contributed by atoms with van der Waals surface area (Å²) in [5.41, 5.74) is 5.05. The van der Waals surface area contributed by atoms with Crippen molar-refractivity contribution in [3.8, 4) is 0 Å². The summed E-state index contributed by atoms with van der Waals surface area (Å²) >= 11 is 1.16. The number of thiazole rings is 1. The molecule has 0 saturated carbocycles. The molecule has 170 valence electrons. The monoisotopic (exact) mass is 478 g/mol. The highest BCUT2D eigenvalue weighted by Gasteiger charge is 2.26. The second kappa shape index (κ2) is 9.51. The van der Waals surface area contributed by atoms with Gasteiger partial charge in [-0.2, -0.15) is 0 Å². The molecule has 2 N–H and O–H groups in total. The number of rotatable bonds is 9. The van der Waals surface area contributed by atoms with E-state index in [1.165, 1.54) is 28.4 Å². The molecule has 0 unspecified atom stereocenters. The Morgan fingerprint density at radius 3 is 2.47 bits per heavy atom. The predicted molar refractivity (Wildman–Crippen MR) is 122 cm³/mol. The minimum absolute atomic E-state index is 0.0157. The smallest absolute Gasteiger partial charge is 0.268 e. The molecule has 0 radical (unpaired) electrons. The third-order valence-electron chi connectivity index (χ3n) is 5.50. The minimum atomic E-state index is -4.44. The van der Waals surface area contributed by atoms with Crippen molar-refractivity contribution in [2.45, 2.75) is 37.8 Å². The van der Waals surface area contributed by atoms with Crippen LogP contribution in [-0.2, 0) is 29.5 Å². The van der Waals surface area contributed by atoms with E-state index in [0.29, 0.717) is 6.54 Å². The average Bonchev–Trinajstić information content (AvgIpc) is 3.20. The van der Waals surface area contributed by atoms with E-state index in [0.717, 1.165) is 55.1 Å². The maximum Gasteiger partial charge on any atom is 0.268 e. The first-order valence-corrected chi connectivity index (χ1v) is 12.8. The van der Waals surface area contributed by atoms with Gasteiger partial charge in [0.25, 0.3) is 10.0 Å². The highest BCUT2D eigenvalue weighted by molar-refractivity contribution is 7.92. The van der Waals surface area contributed by atoms with Crippen LogP contribution in [0.25, 0.3) is 0 Å². The molecule has 0 amide bonds. The van der Waals surface area contributed by atoms with E-state index >= 15 is 0 Å². The van der Waals surface area contributed by atoms with E-state index < -0.39 is 26.6 Å². The van der Waals surface area contributed by atoms with Gasteiger partial charge in [-0.15, -0.1) is 11.3 Å². The summed E-state index contributed by atoms with van der Waals surface area (Å²) in [4.78, 5) is 5.12. The lowest BCUT2D eigenvalue weighted by molar-refractivity contribution is 0.172. The number of hydrogen-bond acceptors (Lipinski definition) is 6. The molecule has 1 aliphatic heterocycles. The molecular weight excluding hydrogens is 454 g/mol. The number of benzene rings is 2. The second-order valence-corrected chi connectivity index (χ2v) is 9.98. The van der Waals surface area contributed by atoms with Gasteiger partial charge in [-0.1, -0.05) is 25.1 Å². The zero-order valence-electron chi connectivity index (χ0n) is 17.6. The molecule has 0 bridgehead atoms. The number of nitrogens with zero attached hydrogens (tertiary/aromatic N) is 2. The number of nitrogens with one attached hydrogen (secondary N) is 2. The molecular formula is C22H24F2N4O2S2. The summed E-state index contributed by atoms with van der Waals surface area (Å²) in [6.45, 7) is 5.44. The van der Waals surface area contributed by atoms with Crippen LogP contribution in [0.2, 0.25) is 0 Å². The number of hydrogen-bond donors (Lipinski definition) is 2. The molecule has 6 nitrogen and oxygen atoms in total. The Labute approximate surface area is 190 Å². The van der Waals surface area contributed by atoms with Crippen molar-refractivity contribution in [1.29, 1.82) is 0 Å². The van der Waals surface area contributed by atoms with Crippen LogP contribution in [0.1, 0.15) is 30.0 Å². The van der Waals surface area contributed by atoms with Gasteiger partial charge in [0.2, 0.25) is 0 Å². The van der Waals surface area contributed by atoms with Crippen molar-refractivity contribution in [2.24, 2.45) is 0 Å². The third-order valence-corrected chi connectivity index (χ3v) is 7.49. The lowest BCUT2D eigenvalue weighted by Crippen LogP contribution is -2.36. The number of aromatic nitrogens is 1. The van der Waals surface area contributed by atoms with Gasteiger partial charge in [0, 0.05) is 24.2 Å². The quantitative estimate of drug-likeness (QED) is 0.470. The largest absolute Gasteiger partial charge is 0.381 e. The van der Waals surface area contributed by atoms with Crippen molar-refractivity contribution in [1.82, 2.24) is 9.88 Å². The molecule has 1 saturated heterocycles. The van der Waals surface area contributed by atoms with Gasteiger partial charge >= 0.3 is 0 Å². The summed E-state index contributed by atoms with van der Waals surface area (Å²) in [5, 5.41) is 4.50. The summed E-state index contributed by atoms with van der Waals surface area (Å²) in [5.74, 6) is -2.32. The van der Waals surface area contributed by atoms with Crippen molar-refractivity contribution in [3.05, 3.63) is 69.5 Å². The fraction of sp³-hybridized carbons (Fsp3) is 0.318. The Bertz CT molecular complexity index is 1170. The third kappa shape index (κ3) is 4.92. The van der Waals surface area contributed by atoms with E-state index in [4.69, 9.17) is 0 Å². The van der Waals surface area contributed by atoms with Crippen LogP contribution in [-0.4, -0.2) is 31.4 Å². The highest BCUT2D eigenvalue weighted by atomic mass is 32.2. The maximum atomic E-state index is 14.7. The number of halogens is 2. The van der Waals surface area contributed by atoms with E-state index in [2.05, 4.69) is 39.0 Å². The Morgan fingerprint density at radius 1 is 1.16 bits per heavy atom. The molecule has 2 heterocycles. The first kappa shape index (κ1) is 22.6. The van der Waals surface area contributed by atoms with Gasteiger partial charge in [-0.3, -0.25) is 9.62 Å². The molecule has 1 aliphatic rings.